The van der Waals surface area contributed by atoms with Crippen molar-refractivity contribution in [3.8, 4) is 0 Å². The van der Waals surface area contributed by atoms with Crippen LogP contribution in [-0.4, -0.2) is 0 Å². The molecule has 3 rings (SSSR count). The zero-order chi connectivity index (χ0) is 12.0. The molecule has 0 atom stereocenters. The predicted molar refractivity (Wildman–Crippen MR) is 78.2 cm³/mol. The number of benzene rings is 2. The van der Waals surface area contributed by atoms with E-state index in [4.69, 9.17) is 0 Å². The first-order chi connectivity index (χ1) is 8.18. The van der Waals surface area contributed by atoms with Gasteiger partial charge < -0.3 is 0 Å². The lowest BCUT2D eigenvalue weighted by Gasteiger charge is -2.06. The summed E-state index contributed by atoms with van der Waals surface area (Å²) in [5, 5.41) is 2.87. The van der Waals surface area contributed by atoms with E-state index in [0.29, 0.717) is 5.92 Å². The van der Waals surface area contributed by atoms with Crippen LogP contribution in [0.1, 0.15) is 30.9 Å². The van der Waals surface area contributed by atoms with Crippen LogP contribution in [0.3, 0.4) is 0 Å². The number of hydrogen-bond donors (Lipinski definition) is 0. The highest BCUT2D eigenvalue weighted by atomic mass is 32.1. The monoisotopic (exact) mass is 240 g/mol. The third kappa shape index (κ3) is 1.57. The smallest absolute Gasteiger partial charge is 0.0390 e. The van der Waals surface area contributed by atoms with Crippen LogP contribution in [-0.2, 0) is 0 Å². The SMILES string of the molecule is Cc1cccc2sc3c(C(C)C)cccc3c12. The number of rotatable bonds is 1. The van der Waals surface area contributed by atoms with E-state index >= 15 is 0 Å². The zero-order valence-electron chi connectivity index (χ0n) is 10.4. The Morgan fingerprint density at radius 3 is 2.53 bits per heavy atom. The molecule has 0 saturated heterocycles. The number of aryl methyl sites for hydroxylation is 1. The van der Waals surface area contributed by atoms with Crippen molar-refractivity contribution in [1.29, 1.82) is 0 Å². The summed E-state index contributed by atoms with van der Waals surface area (Å²) < 4.78 is 2.87. The molecule has 1 aromatic heterocycles. The van der Waals surface area contributed by atoms with Crippen molar-refractivity contribution in [2.24, 2.45) is 0 Å². The van der Waals surface area contributed by atoms with Crippen LogP contribution in [0.2, 0.25) is 0 Å². The van der Waals surface area contributed by atoms with Crippen LogP contribution < -0.4 is 0 Å². The Morgan fingerprint density at radius 2 is 1.76 bits per heavy atom. The maximum atomic E-state index is 2.27. The Bertz CT molecular complexity index is 689. The van der Waals surface area contributed by atoms with Gasteiger partial charge in [-0.3, -0.25) is 0 Å². The molecule has 1 heteroatoms. The maximum absolute atomic E-state index is 2.27. The fraction of sp³-hybridized carbons (Fsp3) is 0.250. The summed E-state index contributed by atoms with van der Waals surface area (Å²) in [6.45, 7) is 6.74. The number of thiophene rings is 1. The minimum atomic E-state index is 0.590. The molecule has 0 aliphatic rings. The molecular weight excluding hydrogens is 224 g/mol. The Kier molecular flexibility index (Phi) is 2.44. The first-order valence-corrected chi connectivity index (χ1v) is 6.91. The van der Waals surface area contributed by atoms with Crippen LogP contribution in [0.15, 0.2) is 36.4 Å². The predicted octanol–water partition coefficient (Wildman–Crippen LogP) is 5.49. The Hall–Kier alpha value is -1.34. The van der Waals surface area contributed by atoms with Crippen LogP contribution >= 0.6 is 11.3 Å². The summed E-state index contributed by atoms with van der Waals surface area (Å²) in [6.07, 6.45) is 0. The summed E-state index contributed by atoms with van der Waals surface area (Å²) in [5.74, 6) is 0.590. The second-order valence-electron chi connectivity index (χ2n) is 4.93. The quantitative estimate of drug-likeness (QED) is 0.528. The van der Waals surface area contributed by atoms with E-state index in [1.54, 1.807) is 0 Å². The van der Waals surface area contributed by atoms with E-state index in [2.05, 4.69) is 57.2 Å². The van der Waals surface area contributed by atoms with Crippen molar-refractivity contribution in [3.05, 3.63) is 47.5 Å². The minimum absolute atomic E-state index is 0.590. The van der Waals surface area contributed by atoms with Crippen molar-refractivity contribution in [2.75, 3.05) is 0 Å². The largest absolute Gasteiger partial charge is 0.135 e. The van der Waals surface area contributed by atoms with E-state index < -0.39 is 0 Å². The van der Waals surface area contributed by atoms with Crippen LogP contribution in [0.25, 0.3) is 20.2 Å². The van der Waals surface area contributed by atoms with Gasteiger partial charge in [-0.2, -0.15) is 0 Å². The van der Waals surface area contributed by atoms with E-state index in [0.717, 1.165) is 0 Å². The van der Waals surface area contributed by atoms with Crippen molar-refractivity contribution in [3.63, 3.8) is 0 Å². The van der Waals surface area contributed by atoms with E-state index in [1.165, 1.54) is 31.3 Å². The molecule has 0 saturated carbocycles. The Labute approximate surface area is 106 Å². The van der Waals surface area contributed by atoms with Gasteiger partial charge in [-0.05, 0) is 30.0 Å². The summed E-state index contributed by atoms with van der Waals surface area (Å²) in [5.41, 5.74) is 2.86. The molecule has 0 unspecified atom stereocenters. The lowest BCUT2D eigenvalue weighted by molar-refractivity contribution is 0.878. The van der Waals surface area contributed by atoms with E-state index in [-0.39, 0.29) is 0 Å². The molecule has 1 heterocycles. The van der Waals surface area contributed by atoms with Gasteiger partial charge in [0.2, 0.25) is 0 Å². The molecule has 3 aromatic rings. The minimum Gasteiger partial charge on any atom is -0.135 e. The molecular formula is C16H16S. The van der Waals surface area contributed by atoms with Gasteiger partial charge in [0.15, 0.2) is 0 Å². The average molecular weight is 240 g/mol. The highest BCUT2D eigenvalue weighted by Gasteiger charge is 2.11. The molecule has 0 spiro atoms. The highest BCUT2D eigenvalue weighted by Crippen LogP contribution is 2.39. The Morgan fingerprint density at radius 1 is 1.00 bits per heavy atom. The van der Waals surface area contributed by atoms with Gasteiger partial charge in [-0.15, -0.1) is 11.3 Å². The molecule has 17 heavy (non-hydrogen) atoms. The first-order valence-electron chi connectivity index (χ1n) is 6.09. The second-order valence-corrected chi connectivity index (χ2v) is 5.98. The Balaban J connectivity index is 2.52. The fourth-order valence-corrected chi connectivity index (χ4v) is 3.94. The first kappa shape index (κ1) is 10.8. The van der Waals surface area contributed by atoms with Crippen LogP contribution in [0, 0.1) is 6.92 Å². The number of hydrogen-bond acceptors (Lipinski definition) is 1. The van der Waals surface area contributed by atoms with Gasteiger partial charge in [0.25, 0.3) is 0 Å². The summed E-state index contributed by atoms with van der Waals surface area (Å²) in [4.78, 5) is 0. The van der Waals surface area contributed by atoms with Gasteiger partial charge in [-0.1, -0.05) is 44.2 Å². The molecule has 0 fully saturated rings. The van der Waals surface area contributed by atoms with Crippen molar-refractivity contribution < 1.29 is 0 Å². The van der Waals surface area contributed by atoms with E-state index in [1.807, 2.05) is 11.3 Å². The van der Waals surface area contributed by atoms with Gasteiger partial charge in [-0.25, -0.2) is 0 Å². The second kappa shape index (κ2) is 3.85. The van der Waals surface area contributed by atoms with Gasteiger partial charge >= 0.3 is 0 Å². The molecule has 0 N–H and O–H groups in total. The van der Waals surface area contributed by atoms with Crippen LogP contribution in [0.4, 0.5) is 0 Å². The van der Waals surface area contributed by atoms with Crippen LogP contribution in [0.5, 0.6) is 0 Å². The third-order valence-corrected chi connectivity index (χ3v) is 4.60. The fourth-order valence-electron chi connectivity index (χ4n) is 2.50. The topological polar surface area (TPSA) is 0 Å². The van der Waals surface area contributed by atoms with Gasteiger partial charge in [0, 0.05) is 20.2 Å². The van der Waals surface area contributed by atoms with Crippen molar-refractivity contribution in [2.45, 2.75) is 26.7 Å². The van der Waals surface area contributed by atoms with Gasteiger partial charge in [0.05, 0.1) is 0 Å². The number of fused-ring (bicyclic) bond motifs is 3. The molecule has 2 aromatic carbocycles. The highest BCUT2D eigenvalue weighted by molar-refractivity contribution is 7.26. The summed E-state index contributed by atoms with van der Waals surface area (Å²) >= 11 is 1.93. The standard InChI is InChI=1S/C16H16S/c1-10(2)12-7-5-8-13-15-11(3)6-4-9-14(15)17-16(12)13/h4-10H,1-3H3. The molecule has 0 aliphatic carbocycles. The summed E-state index contributed by atoms with van der Waals surface area (Å²) in [6, 6.07) is 13.3. The average Bonchev–Trinajstić information content (AvgIpc) is 2.67. The molecule has 0 aliphatic heterocycles. The molecule has 0 amide bonds. The van der Waals surface area contributed by atoms with E-state index in [9.17, 15) is 0 Å². The van der Waals surface area contributed by atoms with Crippen molar-refractivity contribution >= 4 is 31.5 Å². The molecule has 0 bridgehead atoms. The molecule has 86 valence electrons. The third-order valence-electron chi connectivity index (χ3n) is 3.38. The molecule has 0 nitrogen and oxygen atoms in total. The lowest BCUT2D eigenvalue weighted by Crippen LogP contribution is -1.86. The summed E-state index contributed by atoms with van der Waals surface area (Å²) in [7, 11) is 0. The lowest BCUT2D eigenvalue weighted by atomic mass is 9.99. The molecule has 0 radical (unpaired) electrons. The van der Waals surface area contributed by atoms with Gasteiger partial charge in [0.1, 0.15) is 0 Å². The zero-order valence-corrected chi connectivity index (χ0v) is 11.3. The normalized spacial score (nSPS) is 11.8. The van der Waals surface area contributed by atoms with Crippen molar-refractivity contribution in [1.82, 2.24) is 0 Å². The maximum Gasteiger partial charge on any atom is 0.0390 e.